The molecule has 4 heterocycles. The maximum absolute atomic E-state index is 5.88. The molecule has 25 heavy (non-hydrogen) atoms. The maximum atomic E-state index is 5.88. The molecule has 0 radical (unpaired) electrons. The van der Waals surface area contributed by atoms with Crippen LogP contribution in [0.15, 0.2) is 45.5 Å². The van der Waals surface area contributed by atoms with Gasteiger partial charge in [0.25, 0.3) is 11.6 Å². The van der Waals surface area contributed by atoms with Crippen LogP contribution in [-0.2, 0) is 0 Å². The number of hydrogen-bond donors (Lipinski definition) is 0. The molecule has 3 aromatic heterocycles. The lowest BCUT2D eigenvalue weighted by Gasteiger charge is -2.23. The zero-order valence-corrected chi connectivity index (χ0v) is 13.2. The number of fused-ring (bicyclic) bond motifs is 2. The van der Waals surface area contributed by atoms with Crippen molar-refractivity contribution in [3.05, 3.63) is 48.1 Å². The molecule has 1 aliphatic rings. The number of para-hydroxylation sites is 2. The van der Waals surface area contributed by atoms with Crippen molar-refractivity contribution in [1.82, 2.24) is 20.3 Å². The van der Waals surface area contributed by atoms with E-state index in [2.05, 4.69) is 20.3 Å². The average Bonchev–Trinajstić information content (AvgIpc) is 3.29. The highest BCUT2D eigenvalue weighted by atomic mass is 16.6. The topological polar surface area (TPSA) is 96.3 Å². The lowest BCUT2D eigenvalue weighted by molar-refractivity contribution is 0.0716. The average molecular weight is 336 g/mol. The minimum Gasteiger partial charge on any atom is -0.485 e. The Labute approximate surface area is 141 Å². The number of ether oxygens (including phenoxy) is 2. The molecule has 0 aliphatic carbocycles. The molecule has 1 atom stereocenters. The maximum Gasteiger partial charge on any atom is 0.260 e. The fourth-order valence-electron chi connectivity index (χ4n) is 2.68. The molecular weight excluding hydrogens is 324 g/mol. The van der Waals surface area contributed by atoms with E-state index in [0.29, 0.717) is 41.2 Å². The second-order valence-corrected chi connectivity index (χ2v) is 5.65. The zero-order chi connectivity index (χ0) is 16.8. The summed E-state index contributed by atoms with van der Waals surface area (Å²) >= 11 is 0. The Bertz CT molecular complexity index is 1070. The molecule has 0 amide bonds. The third-order valence-corrected chi connectivity index (χ3v) is 3.98. The van der Waals surface area contributed by atoms with E-state index < -0.39 is 6.10 Å². The molecule has 1 aromatic carbocycles. The molecule has 124 valence electrons. The Hall–Kier alpha value is -3.42. The monoisotopic (exact) mass is 336 g/mol. The van der Waals surface area contributed by atoms with E-state index in [4.69, 9.17) is 18.4 Å². The normalized spacial score (nSPS) is 16.3. The lowest BCUT2D eigenvalue weighted by Crippen LogP contribution is -2.21. The summed E-state index contributed by atoms with van der Waals surface area (Å²) < 4.78 is 22.4. The van der Waals surface area contributed by atoms with E-state index >= 15 is 0 Å². The standard InChI is InChI=1S/C17H12N4O4/c1-9-11-6-10(7-18-16(11)25-21-9)15-19-20-17(24-15)14-8-22-12-4-2-3-5-13(12)23-14/h2-7,14H,8H2,1H3. The molecule has 0 N–H and O–H groups in total. The fraction of sp³-hybridized carbons (Fsp3) is 0.176. The minimum absolute atomic E-state index is 0.306. The molecule has 1 unspecified atom stereocenters. The van der Waals surface area contributed by atoms with Gasteiger partial charge in [0.15, 0.2) is 11.5 Å². The van der Waals surface area contributed by atoms with Crippen LogP contribution in [0.1, 0.15) is 17.7 Å². The second-order valence-electron chi connectivity index (χ2n) is 5.65. The van der Waals surface area contributed by atoms with Gasteiger partial charge in [-0.25, -0.2) is 4.98 Å². The molecule has 8 heteroatoms. The molecule has 4 aromatic rings. The van der Waals surface area contributed by atoms with Crippen LogP contribution in [0.3, 0.4) is 0 Å². The van der Waals surface area contributed by atoms with Gasteiger partial charge < -0.3 is 18.4 Å². The van der Waals surface area contributed by atoms with Gasteiger partial charge in [0, 0.05) is 6.20 Å². The summed E-state index contributed by atoms with van der Waals surface area (Å²) in [7, 11) is 0. The van der Waals surface area contributed by atoms with Crippen molar-refractivity contribution in [2.24, 2.45) is 0 Å². The van der Waals surface area contributed by atoms with Crippen LogP contribution in [-0.4, -0.2) is 26.9 Å². The van der Waals surface area contributed by atoms with Crippen LogP contribution < -0.4 is 9.47 Å². The summed E-state index contributed by atoms with van der Waals surface area (Å²) in [6, 6.07) is 9.33. The number of nitrogens with zero attached hydrogens (tertiary/aromatic N) is 4. The highest BCUT2D eigenvalue weighted by Gasteiger charge is 2.27. The van der Waals surface area contributed by atoms with Gasteiger partial charge in [-0.3, -0.25) is 0 Å². The quantitative estimate of drug-likeness (QED) is 0.551. The molecule has 1 aliphatic heterocycles. The van der Waals surface area contributed by atoms with Gasteiger partial charge in [0.2, 0.25) is 12.0 Å². The van der Waals surface area contributed by atoms with Crippen LogP contribution in [0.25, 0.3) is 22.6 Å². The van der Waals surface area contributed by atoms with Crippen LogP contribution in [0.5, 0.6) is 11.5 Å². The van der Waals surface area contributed by atoms with Crippen molar-refractivity contribution in [2.75, 3.05) is 6.61 Å². The molecule has 0 fully saturated rings. The number of pyridine rings is 1. The Kier molecular flexibility index (Phi) is 2.96. The van der Waals surface area contributed by atoms with E-state index in [0.717, 1.165) is 11.1 Å². The largest absolute Gasteiger partial charge is 0.485 e. The molecule has 0 saturated heterocycles. The van der Waals surface area contributed by atoms with Crippen molar-refractivity contribution in [2.45, 2.75) is 13.0 Å². The van der Waals surface area contributed by atoms with Gasteiger partial charge in [0.05, 0.1) is 16.6 Å². The predicted octanol–water partition coefficient (Wildman–Crippen LogP) is 3.09. The van der Waals surface area contributed by atoms with Crippen LogP contribution in [0, 0.1) is 6.92 Å². The third-order valence-electron chi connectivity index (χ3n) is 3.98. The van der Waals surface area contributed by atoms with Crippen molar-refractivity contribution in [3.8, 4) is 23.0 Å². The number of hydrogen-bond acceptors (Lipinski definition) is 8. The first-order valence-corrected chi connectivity index (χ1v) is 7.72. The number of aryl methyl sites for hydroxylation is 1. The third kappa shape index (κ3) is 2.30. The van der Waals surface area contributed by atoms with Gasteiger partial charge in [-0.2, -0.15) is 0 Å². The number of benzene rings is 1. The lowest BCUT2D eigenvalue weighted by atomic mass is 10.2. The number of rotatable bonds is 2. The van der Waals surface area contributed by atoms with Crippen molar-refractivity contribution < 1.29 is 18.4 Å². The minimum atomic E-state index is -0.454. The molecule has 0 spiro atoms. The molecule has 0 saturated carbocycles. The Balaban J connectivity index is 1.46. The van der Waals surface area contributed by atoms with Gasteiger partial charge in [-0.15, -0.1) is 10.2 Å². The van der Waals surface area contributed by atoms with Crippen molar-refractivity contribution in [3.63, 3.8) is 0 Å². The first kappa shape index (κ1) is 14.0. The summed E-state index contributed by atoms with van der Waals surface area (Å²) in [6.45, 7) is 2.15. The first-order chi connectivity index (χ1) is 12.3. The van der Waals surface area contributed by atoms with E-state index in [1.165, 1.54) is 0 Å². The summed E-state index contributed by atoms with van der Waals surface area (Å²) in [6.07, 6.45) is 1.16. The SMILES string of the molecule is Cc1noc2ncc(-c3nnc(C4COc5ccccc5O4)o3)cc12. The van der Waals surface area contributed by atoms with Gasteiger partial charge in [-0.05, 0) is 25.1 Å². The van der Waals surface area contributed by atoms with E-state index in [9.17, 15) is 0 Å². The molecule has 8 nitrogen and oxygen atoms in total. The molecular formula is C17H12N4O4. The predicted molar refractivity (Wildman–Crippen MR) is 85.1 cm³/mol. The Morgan fingerprint density at radius 1 is 1.12 bits per heavy atom. The summed E-state index contributed by atoms with van der Waals surface area (Å²) in [5, 5.41) is 12.9. The van der Waals surface area contributed by atoms with Gasteiger partial charge in [-0.1, -0.05) is 17.3 Å². The highest BCUT2D eigenvalue weighted by Crippen LogP contribution is 2.36. The fourth-order valence-corrected chi connectivity index (χ4v) is 2.68. The molecule has 0 bridgehead atoms. The highest BCUT2D eigenvalue weighted by molar-refractivity contribution is 5.79. The Morgan fingerprint density at radius 2 is 2.00 bits per heavy atom. The van der Waals surface area contributed by atoms with Gasteiger partial charge >= 0.3 is 0 Å². The zero-order valence-electron chi connectivity index (χ0n) is 13.2. The second kappa shape index (κ2) is 5.30. The molecule has 5 rings (SSSR count). The Morgan fingerprint density at radius 3 is 2.92 bits per heavy atom. The summed E-state index contributed by atoms with van der Waals surface area (Å²) in [5.41, 5.74) is 1.92. The summed E-state index contributed by atoms with van der Waals surface area (Å²) in [4.78, 5) is 4.22. The van der Waals surface area contributed by atoms with Crippen molar-refractivity contribution >= 4 is 11.1 Å². The van der Waals surface area contributed by atoms with E-state index in [-0.39, 0.29) is 0 Å². The smallest absolute Gasteiger partial charge is 0.260 e. The number of aromatic nitrogens is 4. The van der Waals surface area contributed by atoms with Crippen LogP contribution in [0.2, 0.25) is 0 Å². The van der Waals surface area contributed by atoms with Crippen molar-refractivity contribution in [1.29, 1.82) is 0 Å². The van der Waals surface area contributed by atoms with E-state index in [1.54, 1.807) is 6.20 Å². The van der Waals surface area contributed by atoms with Crippen LogP contribution >= 0.6 is 0 Å². The van der Waals surface area contributed by atoms with E-state index in [1.807, 2.05) is 37.3 Å². The first-order valence-electron chi connectivity index (χ1n) is 7.72. The summed E-state index contributed by atoms with van der Waals surface area (Å²) in [5.74, 6) is 2.07. The van der Waals surface area contributed by atoms with Gasteiger partial charge in [0.1, 0.15) is 6.61 Å². The van der Waals surface area contributed by atoms with Crippen LogP contribution in [0.4, 0.5) is 0 Å².